The molecule has 0 atom stereocenters. The number of halogens is 2. The third-order valence-corrected chi connectivity index (χ3v) is 10.2. The van der Waals surface area contributed by atoms with Crippen molar-refractivity contribution in [1.82, 2.24) is 19.9 Å². The molecule has 54 heavy (non-hydrogen) atoms. The van der Waals surface area contributed by atoms with Gasteiger partial charge >= 0.3 is 0 Å². The Morgan fingerprint density at radius 2 is 1.78 bits per heavy atom. The maximum Gasteiger partial charge on any atom is 0.277 e. The highest BCUT2D eigenvalue weighted by molar-refractivity contribution is 7.14. The number of benzene rings is 2. The van der Waals surface area contributed by atoms with E-state index in [2.05, 4.69) is 44.3 Å². The lowest BCUT2D eigenvalue weighted by atomic mass is 10.00. The van der Waals surface area contributed by atoms with E-state index in [-0.39, 0.29) is 70.0 Å². The van der Waals surface area contributed by atoms with Crippen molar-refractivity contribution in [3.05, 3.63) is 62.2 Å². The fraction of sp³-hybridized carbons (Fsp3) is 0.342. The predicted octanol–water partition coefficient (Wildman–Crippen LogP) is 3.77. The minimum Gasteiger partial charge on any atom is -0.491 e. The quantitative estimate of drug-likeness (QED) is 0.193. The second-order valence-corrected chi connectivity index (χ2v) is 14.6. The molecule has 16 heteroatoms. The highest BCUT2D eigenvalue weighted by atomic mass is 32.1. The normalized spacial score (nSPS) is 15.2. The van der Waals surface area contributed by atoms with Crippen LogP contribution in [0.2, 0.25) is 0 Å². The second kappa shape index (κ2) is 13.9. The van der Waals surface area contributed by atoms with Crippen LogP contribution in [0.15, 0.2) is 18.2 Å². The molecule has 4 aromatic rings. The van der Waals surface area contributed by atoms with Crippen molar-refractivity contribution in [2.75, 3.05) is 25.6 Å². The molecule has 3 amide bonds. The van der Waals surface area contributed by atoms with Gasteiger partial charge in [-0.05, 0) is 51.7 Å². The number of nitrogens with one attached hydrogen (secondary N) is 2. The number of carbonyl (C=O) groups is 3. The lowest BCUT2D eigenvalue weighted by Crippen LogP contribution is -2.27. The van der Waals surface area contributed by atoms with Crippen molar-refractivity contribution in [2.24, 2.45) is 5.73 Å². The molecule has 0 bridgehead atoms. The topological polar surface area (TPSA) is 191 Å². The SMILES string of the molecule is CNC(=O)c1c(C(=O)Nc2c(F)c(C#CC3(O)CCCC3)cc3c2OCCc2sc(C(N)=O)nc2-3)nc2n1CCOc1cc(F)c(C#CC(C)(C)O)cc1-2. The van der Waals surface area contributed by atoms with Crippen LogP contribution >= 0.6 is 11.3 Å². The van der Waals surface area contributed by atoms with Crippen molar-refractivity contribution in [3.8, 4) is 57.8 Å². The van der Waals surface area contributed by atoms with Crippen molar-refractivity contribution in [2.45, 2.75) is 63.7 Å². The Morgan fingerprint density at radius 3 is 2.48 bits per heavy atom. The number of primary amides is 1. The van der Waals surface area contributed by atoms with Crippen LogP contribution in [-0.4, -0.2) is 73.9 Å². The summed E-state index contributed by atoms with van der Waals surface area (Å²) in [4.78, 5) is 49.4. The molecule has 1 saturated carbocycles. The summed E-state index contributed by atoms with van der Waals surface area (Å²) in [5, 5.41) is 26.1. The number of carbonyl (C=O) groups excluding carboxylic acids is 3. The number of hydrogen-bond acceptors (Lipinski definition) is 10. The largest absolute Gasteiger partial charge is 0.491 e. The molecule has 7 rings (SSSR count). The summed E-state index contributed by atoms with van der Waals surface area (Å²) in [6, 6.07) is 3.85. The number of fused-ring (bicyclic) bond motifs is 6. The van der Waals surface area contributed by atoms with Gasteiger partial charge in [0.15, 0.2) is 22.3 Å². The van der Waals surface area contributed by atoms with Gasteiger partial charge in [0.2, 0.25) is 0 Å². The fourth-order valence-corrected chi connectivity index (χ4v) is 7.40. The summed E-state index contributed by atoms with van der Waals surface area (Å²) in [7, 11) is 1.37. The Hall–Kier alpha value is -5.81. The Labute approximate surface area is 311 Å². The van der Waals surface area contributed by atoms with Crippen LogP contribution < -0.4 is 25.8 Å². The Morgan fingerprint density at radius 1 is 1.04 bits per heavy atom. The first-order valence-electron chi connectivity index (χ1n) is 17.1. The van der Waals surface area contributed by atoms with Crippen LogP contribution in [0.25, 0.3) is 22.6 Å². The first-order valence-corrected chi connectivity index (χ1v) is 17.9. The molecule has 3 aliphatic rings. The van der Waals surface area contributed by atoms with E-state index in [9.17, 15) is 24.6 Å². The first-order chi connectivity index (χ1) is 25.7. The van der Waals surface area contributed by atoms with Crippen LogP contribution in [0, 0.1) is 35.3 Å². The monoisotopic (exact) mass is 756 g/mol. The van der Waals surface area contributed by atoms with Gasteiger partial charge in [-0.2, -0.15) is 0 Å². The summed E-state index contributed by atoms with van der Waals surface area (Å²) < 4.78 is 45.0. The Balaban J connectivity index is 1.38. The number of hydrogen-bond donors (Lipinski definition) is 5. The molecule has 0 spiro atoms. The highest BCUT2D eigenvalue weighted by Crippen LogP contribution is 2.45. The van der Waals surface area contributed by atoms with E-state index in [4.69, 9.17) is 15.2 Å². The second-order valence-electron chi connectivity index (χ2n) is 13.5. The van der Waals surface area contributed by atoms with Crippen LogP contribution in [0.1, 0.15) is 86.3 Å². The summed E-state index contributed by atoms with van der Waals surface area (Å²) in [5.41, 5.74) is 2.25. The zero-order chi connectivity index (χ0) is 38.5. The number of aliphatic hydroxyl groups is 2. The van der Waals surface area contributed by atoms with Crippen molar-refractivity contribution >= 4 is 34.7 Å². The van der Waals surface area contributed by atoms with Crippen LogP contribution in [0.3, 0.4) is 0 Å². The molecular formula is C38H34F2N6O7S. The smallest absolute Gasteiger partial charge is 0.277 e. The molecule has 278 valence electrons. The zero-order valence-corrected chi connectivity index (χ0v) is 30.2. The minimum atomic E-state index is -1.42. The lowest BCUT2D eigenvalue weighted by Gasteiger charge is -2.17. The molecule has 1 aliphatic carbocycles. The van der Waals surface area contributed by atoms with Gasteiger partial charge in [-0.25, -0.2) is 18.7 Å². The van der Waals surface area contributed by atoms with E-state index in [1.54, 1.807) is 0 Å². The molecule has 1 fully saturated rings. The predicted molar refractivity (Wildman–Crippen MR) is 193 cm³/mol. The lowest BCUT2D eigenvalue weighted by molar-refractivity contribution is 0.0937. The van der Waals surface area contributed by atoms with Gasteiger partial charge in [0.05, 0.1) is 35.5 Å². The number of nitrogens with zero attached hydrogens (tertiary/aromatic N) is 3. The molecule has 0 radical (unpaired) electrons. The number of nitrogens with two attached hydrogens (primary N) is 1. The standard InChI is InChI=1S/C38H34F2N6O7S/c1-37(2,50)11-6-19-16-21-24(18-23(19)39)52-15-13-46-30(35(49)42-3)29(43-33(21)46)34(48)44-28-26(40)20(7-12-38(51)9-4-5-10-38)17-22-27-25(8-14-53-31(22)28)54-36(45-27)32(41)47/h16-18,50-51H,4-5,8-10,13-15H2,1-3H3,(H2,41,47)(H,42,49)(H,44,48). The molecule has 2 aliphatic heterocycles. The van der Waals surface area contributed by atoms with Gasteiger partial charge in [-0.1, -0.05) is 23.7 Å². The van der Waals surface area contributed by atoms with E-state index in [1.807, 2.05) is 0 Å². The van der Waals surface area contributed by atoms with Gasteiger partial charge in [0.1, 0.15) is 46.6 Å². The number of aromatic nitrogens is 3. The van der Waals surface area contributed by atoms with Crippen LogP contribution in [0.5, 0.6) is 11.5 Å². The molecule has 6 N–H and O–H groups in total. The zero-order valence-electron chi connectivity index (χ0n) is 29.4. The molecule has 0 saturated heterocycles. The molecule has 13 nitrogen and oxygen atoms in total. The molecule has 2 aromatic heterocycles. The summed E-state index contributed by atoms with van der Waals surface area (Å²) in [6.07, 6.45) is 2.64. The van der Waals surface area contributed by atoms with Crippen molar-refractivity contribution < 1.29 is 42.9 Å². The summed E-state index contributed by atoms with van der Waals surface area (Å²) in [5.74, 6) is 6.64. The summed E-state index contributed by atoms with van der Waals surface area (Å²) >= 11 is 1.07. The number of thiazole rings is 1. The summed E-state index contributed by atoms with van der Waals surface area (Å²) in [6.45, 7) is 2.91. The van der Waals surface area contributed by atoms with Gasteiger partial charge in [-0.15, -0.1) is 11.3 Å². The number of rotatable bonds is 4. The first kappa shape index (κ1) is 36.5. The van der Waals surface area contributed by atoms with Gasteiger partial charge in [0, 0.05) is 30.0 Å². The Kier molecular flexibility index (Phi) is 9.39. The van der Waals surface area contributed by atoms with Gasteiger partial charge in [-0.3, -0.25) is 14.4 Å². The maximum absolute atomic E-state index is 16.7. The van der Waals surface area contributed by atoms with Gasteiger partial charge in [0.25, 0.3) is 17.7 Å². The van der Waals surface area contributed by atoms with E-state index in [1.165, 1.54) is 37.6 Å². The third kappa shape index (κ3) is 6.87. The maximum atomic E-state index is 16.7. The number of ether oxygens (including phenoxy) is 2. The van der Waals surface area contributed by atoms with Crippen LogP contribution in [-0.2, 0) is 13.0 Å². The molecule has 0 unspecified atom stereocenters. The number of imidazole rings is 1. The van der Waals surface area contributed by atoms with Crippen molar-refractivity contribution in [1.29, 1.82) is 0 Å². The molecule has 2 aromatic carbocycles. The average Bonchev–Trinajstić information content (AvgIpc) is 3.80. The Bertz CT molecular complexity index is 2390. The van der Waals surface area contributed by atoms with E-state index in [0.717, 1.165) is 30.2 Å². The minimum absolute atomic E-state index is 0.0228. The van der Waals surface area contributed by atoms with Crippen molar-refractivity contribution in [3.63, 3.8) is 0 Å². The fourth-order valence-electron chi connectivity index (χ4n) is 6.49. The molecular weight excluding hydrogens is 723 g/mol. The average molecular weight is 757 g/mol. The van der Waals surface area contributed by atoms with E-state index in [0.29, 0.717) is 29.8 Å². The number of anilines is 1. The van der Waals surface area contributed by atoms with E-state index >= 15 is 8.78 Å². The van der Waals surface area contributed by atoms with Crippen LogP contribution in [0.4, 0.5) is 14.5 Å². The highest BCUT2D eigenvalue weighted by Gasteiger charge is 2.34. The third-order valence-electron chi connectivity index (χ3n) is 9.06. The van der Waals surface area contributed by atoms with Gasteiger partial charge < -0.3 is 40.6 Å². The van der Waals surface area contributed by atoms with E-state index < -0.39 is 51.9 Å². The number of amides is 3. The molecule has 4 heterocycles.